The molecule has 1 heterocycles. The fourth-order valence-corrected chi connectivity index (χ4v) is 1.95. The van der Waals surface area contributed by atoms with Crippen molar-refractivity contribution in [3.8, 4) is 0 Å². The third kappa shape index (κ3) is 3.98. The summed E-state index contributed by atoms with van der Waals surface area (Å²) in [4.78, 5) is 14.0. The number of nitrogens with zero attached hydrogens (tertiary/aromatic N) is 4. The van der Waals surface area contributed by atoms with Gasteiger partial charge in [0, 0.05) is 24.8 Å². The van der Waals surface area contributed by atoms with E-state index in [4.69, 9.17) is 11.6 Å². The molecule has 0 saturated heterocycles. The number of nitrogens with one attached hydrogen (secondary N) is 1. The summed E-state index contributed by atoms with van der Waals surface area (Å²) in [6.07, 6.45) is 0. The zero-order valence-corrected chi connectivity index (χ0v) is 12.3. The summed E-state index contributed by atoms with van der Waals surface area (Å²) in [6.45, 7) is 5.31. The van der Waals surface area contributed by atoms with Crippen LogP contribution < -0.4 is 10.2 Å². The Morgan fingerprint density at radius 1 is 1.05 bits per heavy atom. The van der Waals surface area contributed by atoms with Crippen LogP contribution in [-0.4, -0.2) is 28.0 Å². The van der Waals surface area contributed by atoms with Gasteiger partial charge in [-0.15, -0.1) is 0 Å². The summed E-state index contributed by atoms with van der Waals surface area (Å²) in [5.74, 6) is -0.857. The zero-order valence-electron chi connectivity index (χ0n) is 11.6. The Labute approximate surface area is 126 Å². The van der Waals surface area contributed by atoms with Gasteiger partial charge in [-0.05, 0) is 37.6 Å². The Balaban J connectivity index is 2.31. The van der Waals surface area contributed by atoms with Gasteiger partial charge in [-0.1, -0.05) is 0 Å². The Morgan fingerprint density at radius 3 is 2.24 bits per heavy atom. The second-order valence-electron chi connectivity index (χ2n) is 4.18. The van der Waals surface area contributed by atoms with Crippen molar-refractivity contribution in [3.63, 3.8) is 0 Å². The first-order valence-electron chi connectivity index (χ1n) is 6.41. The average molecular weight is 314 g/mol. The van der Waals surface area contributed by atoms with Gasteiger partial charge in [0.05, 0.1) is 0 Å². The minimum Gasteiger partial charge on any atom is -0.341 e. The van der Waals surface area contributed by atoms with E-state index in [1.165, 1.54) is 0 Å². The summed E-state index contributed by atoms with van der Waals surface area (Å²) in [6, 6.07) is 3.06. The molecule has 21 heavy (non-hydrogen) atoms. The molecule has 0 saturated carbocycles. The number of aromatic nitrogens is 3. The highest BCUT2D eigenvalue weighted by molar-refractivity contribution is 6.28. The van der Waals surface area contributed by atoms with Crippen LogP contribution in [0.2, 0.25) is 5.28 Å². The molecule has 112 valence electrons. The molecule has 0 bridgehead atoms. The maximum absolute atomic E-state index is 13.2. The van der Waals surface area contributed by atoms with E-state index >= 15 is 0 Å². The van der Waals surface area contributed by atoms with Gasteiger partial charge in [0.1, 0.15) is 11.6 Å². The average Bonchev–Trinajstić information content (AvgIpc) is 2.38. The molecule has 0 spiro atoms. The van der Waals surface area contributed by atoms with Gasteiger partial charge < -0.3 is 10.2 Å². The van der Waals surface area contributed by atoms with Crippen LogP contribution in [0.3, 0.4) is 0 Å². The molecule has 0 aliphatic heterocycles. The van der Waals surface area contributed by atoms with Crippen molar-refractivity contribution in [2.24, 2.45) is 0 Å². The topological polar surface area (TPSA) is 53.9 Å². The number of rotatable bonds is 5. The molecule has 1 aromatic heterocycles. The van der Waals surface area contributed by atoms with Crippen LogP contribution in [0, 0.1) is 11.6 Å². The molecule has 2 aromatic rings. The Bertz CT molecular complexity index is 614. The normalized spacial score (nSPS) is 10.5. The lowest BCUT2D eigenvalue weighted by Gasteiger charge is -2.18. The third-order valence-corrected chi connectivity index (χ3v) is 2.93. The van der Waals surface area contributed by atoms with Crippen LogP contribution >= 0.6 is 11.6 Å². The van der Waals surface area contributed by atoms with Crippen molar-refractivity contribution in [3.05, 3.63) is 35.1 Å². The van der Waals surface area contributed by atoms with Crippen LogP contribution in [0.25, 0.3) is 0 Å². The van der Waals surface area contributed by atoms with Gasteiger partial charge >= 0.3 is 0 Å². The van der Waals surface area contributed by atoms with Crippen molar-refractivity contribution in [1.82, 2.24) is 15.0 Å². The van der Waals surface area contributed by atoms with Gasteiger partial charge in [-0.2, -0.15) is 15.0 Å². The predicted octanol–water partition coefficient (Wildman–Crippen LogP) is 3.39. The highest BCUT2D eigenvalue weighted by atomic mass is 35.5. The molecular weight excluding hydrogens is 300 g/mol. The van der Waals surface area contributed by atoms with Crippen LogP contribution in [0.4, 0.5) is 26.4 Å². The standard InChI is InChI=1S/C13H14ClF2N5/c1-3-21(4-2)13-19-11(14)18-12(20-13)17-10-6-8(15)5-9(16)7-10/h5-7H,3-4H2,1-2H3,(H,17,18,19,20). The number of halogens is 3. The lowest BCUT2D eigenvalue weighted by Crippen LogP contribution is -2.24. The molecule has 0 fully saturated rings. The van der Waals surface area contributed by atoms with E-state index in [-0.39, 0.29) is 16.9 Å². The quantitative estimate of drug-likeness (QED) is 0.917. The molecule has 8 heteroatoms. The maximum atomic E-state index is 13.2. The summed E-state index contributed by atoms with van der Waals surface area (Å²) in [5.41, 5.74) is 0.195. The number of hydrogen-bond acceptors (Lipinski definition) is 5. The highest BCUT2D eigenvalue weighted by Gasteiger charge is 2.11. The second-order valence-corrected chi connectivity index (χ2v) is 4.52. The molecule has 0 aliphatic carbocycles. The molecule has 0 unspecified atom stereocenters. The molecule has 0 atom stereocenters. The lowest BCUT2D eigenvalue weighted by atomic mass is 10.3. The molecule has 0 aliphatic rings. The zero-order chi connectivity index (χ0) is 15.4. The Hall–Kier alpha value is -2.02. The summed E-state index contributed by atoms with van der Waals surface area (Å²) in [7, 11) is 0. The highest BCUT2D eigenvalue weighted by Crippen LogP contribution is 2.19. The second kappa shape index (κ2) is 6.62. The fourth-order valence-electron chi connectivity index (χ4n) is 1.80. The van der Waals surface area contributed by atoms with Crippen LogP contribution in [0.15, 0.2) is 18.2 Å². The van der Waals surface area contributed by atoms with Crippen LogP contribution in [-0.2, 0) is 0 Å². The smallest absolute Gasteiger partial charge is 0.233 e. The molecular formula is C13H14ClF2N5. The van der Waals surface area contributed by atoms with Crippen LogP contribution in [0.1, 0.15) is 13.8 Å². The minimum atomic E-state index is -0.693. The van der Waals surface area contributed by atoms with Crippen molar-refractivity contribution < 1.29 is 8.78 Å². The van der Waals surface area contributed by atoms with Gasteiger partial charge in [0.15, 0.2) is 0 Å². The van der Waals surface area contributed by atoms with E-state index in [0.717, 1.165) is 18.2 Å². The molecule has 1 aromatic carbocycles. The first-order valence-corrected chi connectivity index (χ1v) is 6.79. The summed E-state index contributed by atoms with van der Waals surface area (Å²) in [5, 5.41) is 2.72. The molecule has 2 rings (SSSR count). The number of anilines is 3. The van der Waals surface area contributed by atoms with E-state index in [1.54, 1.807) is 0 Å². The fraction of sp³-hybridized carbons (Fsp3) is 0.308. The maximum Gasteiger partial charge on any atom is 0.233 e. The van der Waals surface area contributed by atoms with Gasteiger partial charge in [-0.3, -0.25) is 0 Å². The molecule has 0 radical (unpaired) electrons. The first-order chi connectivity index (χ1) is 10.0. The Kier molecular flexibility index (Phi) is 4.85. The third-order valence-electron chi connectivity index (χ3n) is 2.76. The monoisotopic (exact) mass is 313 g/mol. The number of benzene rings is 1. The van der Waals surface area contributed by atoms with Gasteiger partial charge in [0.2, 0.25) is 17.2 Å². The molecule has 5 nitrogen and oxygen atoms in total. The van der Waals surface area contributed by atoms with Gasteiger partial charge in [0.25, 0.3) is 0 Å². The van der Waals surface area contributed by atoms with Crippen LogP contribution in [0.5, 0.6) is 0 Å². The van der Waals surface area contributed by atoms with E-state index in [2.05, 4.69) is 20.3 Å². The van der Waals surface area contributed by atoms with E-state index in [1.807, 2.05) is 18.7 Å². The SMILES string of the molecule is CCN(CC)c1nc(Cl)nc(Nc2cc(F)cc(F)c2)n1. The predicted molar refractivity (Wildman–Crippen MR) is 78.0 cm³/mol. The minimum absolute atomic E-state index is 0.00581. The van der Waals surface area contributed by atoms with Crippen molar-refractivity contribution >= 4 is 29.2 Å². The summed E-state index contributed by atoms with van der Waals surface area (Å²) < 4.78 is 26.3. The van der Waals surface area contributed by atoms with E-state index < -0.39 is 11.6 Å². The largest absolute Gasteiger partial charge is 0.341 e. The molecule has 1 N–H and O–H groups in total. The van der Waals surface area contributed by atoms with E-state index in [9.17, 15) is 8.78 Å². The summed E-state index contributed by atoms with van der Waals surface area (Å²) >= 11 is 5.86. The first kappa shape index (κ1) is 15.4. The molecule has 0 amide bonds. The number of hydrogen-bond donors (Lipinski definition) is 1. The van der Waals surface area contributed by atoms with E-state index in [0.29, 0.717) is 19.0 Å². The van der Waals surface area contributed by atoms with Crippen molar-refractivity contribution in [1.29, 1.82) is 0 Å². The lowest BCUT2D eigenvalue weighted by molar-refractivity contribution is 0.584. The van der Waals surface area contributed by atoms with Crippen molar-refractivity contribution in [2.75, 3.05) is 23.3 Å². The van der Waals surface area contributed by atoms with Gasteiger partial charge in [-0.25, -0.2) is 8.78 Å². The Morgan fingerprint density at radius 2 is 1.67 bits per heavy atom. The van der Waals surface area contributed by atoms with Crippen molar-refractivity contribution in [2.45, 2.75) is 13.8 Å².